The van der Waals surface area contributed by atoms with E-state index in [-0.39, 0.29) is 17.4 Å². The summed E-state index contributed by atoms with van der Waals surface area (Å²) >= 11 is 1.62. The largest absolute Gasteiger partial charge is 0.338 e. The van der Waals surface area contributed by atoms with Crippen molar-refractivity contribution in [3.63, 3.8) is 0 Å². The van der Waals surface area contributed by atoms with Gasteiger partial charge in [-0.1, -0.05) is 6.07 Å². The molecule has 2 aliphatic rings. The third-order valence-corrected chi connectivity index (χ3v) is 7.69. The minimum absolute atomic E-state index is 0.0277. The molecule has 2 aliphatic heterocycles. The number of aryl methyl sites for hydroxylation is 1. The molecule has 1 saturated heterocycles. The zero-order chi connectivity index (χ0) is 22.2. The van der Waals surface area contributed by atoms with E-state index in [1.165, 1.54) is 4.88 Å². The number of amides is 1. The Hall–Kier alpha value is -2.84. The van der Waals surface area contributed by atoms with E-state index >= 15 is 0 Å². The average Bonchev–Trinajstić information content (AvgIpc) is 3.41. The zero-order valence-electron chi connectivity index (χ0n) is 18.4. The van der Waals surface area contributed by atoms with Gasteiger partial charge in [-0.05, 0) is 43.9 Å². The third-order valence-electron chi connectivity index (χ3n) is 6.68. The van der Waals surface area contributed by atoms with E-state index in [4.69, 9.17) is 4.98 Å². The summed E-state index contributed by atoms with van der Waals surface area (Å²) in [6.07, 6.45) is 5.17. The number of nitrogens with one attached hydrogen (secondary N) is 1. The second-order valence-corrected chi connectivity index (χ2v) is 9.85. The Morgan fingerprint density at radius 1 is 1.31 bits per heavy atom. The minimum Gasteiger partial charge on any atom is -0.338 e. The van der Waals surface area contributed by atoms with Crippen LogP contribution in [0.25, 0.3) is 0 Å². The number of rotatable bonds is 4. The number of carbonyl (C=O) groups excluding carboxylic acids is 1. The number of carbonyl (C=O) groups is 1. The summed E-state index contributed by atoms with van der Waals surface area (Å²) < 4.78 is 0. The number of aromatic nitrogens is 3. The molecule has 0 radical (unpaired) electrons. The molecular formula is C24H27N5O2S. The Bertz CT molecular complexity index is 1200. The van der Waals surface area contributed by atoms with E-state index < -0.39 is 0 Å². The van der Waals surface area contributed by atoms with Crippen LogP contribution < -0.4 is 5.56 Å². The summed E-state index contributed by atoms with van der Waals surface area (Å²) in [5, 5.41) is 1.95. The smallest absolute Gasteiger partial charge is 0.254 e. The highest BCUT2D eigenvalue weighted by Crippen LogP contribution is 2.29. The van der Waals surface area contributed by atoms with E-state index in [0.717, 1.165) is 47.5 Å². The summed E-state index contributed by atoms with van der Waals surface area (Å²) in [6.45, 7) is 7.61. The normalized spacial score (nSPS) is 18.7. The van der Waals surface area contributed by atoms with E-state index in [1.54, 1.807) is 17.5 Å². The zero-order valence-corrected chi connectivity index (χ0v) is 19.2. The highest BCUT2D eigenvalue weighted by molar-refractivity contribution is 7.10. The molecule has 0 aromatic carbocycles. The van der Waals surface area contributed by atoms with Gasteiger partial charge in [-0.25, -0.2) is 4.98 Å². The summed E-state index contributed by atoms with van der Waals surface area (Å²) in [5.41, 5.74) is 4.66. The van der Waals surface area contributed by atoms with E-state index in [2.05, 4.69) is 20.9 Å². The van der Waals surface area contributed by atoms with Crippen LogP contribution in [0.15, 0.2) is 34.7 Å². The highest BCUT2D eigenvalue weighted by Gasteiger charge is 2.32. The average molecular weight is 450 g/mol. The van der Waals surface area contributed by atoms with Crippen LogP contribution in [0.2, 0.25) is 0 Å². The molecule has 0 spiro atoms. The molecule has 5 heterocycles. The second-order valence-electron chi connectivity index (χ2n) is 8.77. The lowest BCUT2D eigenvalue weighted by Crippen LogP contribution is -2.36. The van der Waals surface area contributed by atoms with Gasteiger partial charge in [0.15, 0.2) is 0 Å². The fraction of sp³-hybridized carbons (Fsp3) is 0.417. The molecule has 1 atom stereocenters. The van der Waals surface area contributed by atoms with Crippen molar-refractivity contribution in [2.24, 2.45) is 0 Å². The van der Waals surface area contributed by atoms with Crippen molar-refractivity contribution in [2.75, 3.05) is 19.6 Å². The van der Waals surface area contributed by atoms with E-state index in [1.807, 2.05) is 36.4 Å². The number of nitrogens with zero attached hydrogens (tertiary/aromatic N) is 4. The molecule has 1 N–H and O–H groups in total. The van der Waals surface area contributed by atoms with Gasteiger partial charge in [-0.3, -0.25) is 19.5 Å². The van der Waals surface area contributed by atoms with Crippen molar-refractivity contribution in [3.05, 3.63) is 78.9 Å². The van der Waals surface area contributed by atoms with Gasteiger partial charge in [0.05, 0.1) is 11.3 Å². The highest BCUT2D eigenvalue weighted by atomic mass is 32.1. The van der Waals surface area contributed by atoms with Gasteiger partial charge in [0.2, 0.25) is 0 Å². The van der Waals surface area contributed by atoms with Gasteiger partial charge < -0.3 is 9.88 Å². The van der Waals surface area contributed by atoms with Gasteiger partial charge in [0.25, 0.3) is 11.5 Å². The van der Waals surface area contributed by atoms with Crippen molar-refractivity contribution in [1.29, 1.82) is 0 Å². The lowest BCUT2D eigenvalue weighted by Gasteiger charge is -2.28. The lowest BCUT2D eigenvalue weighted by molar-refractivity contribution is 0.0790. The first-order valence-corrected chi connectivity index (χ1v) is 11.9. The number of aromatic amines is 1. The minimum atomic E-state index is -0.0277. The van der Waals surface area contributed by atoms with E-state index in [9.17, 15) is 9.59 Å². The number of fused-ring (bicyclic) bond motifs is 1. The maximum atomic E-state index is 13.0. The van der Waals surface area contributed by atoms with Crippen LogP contribution >= 0.6 is 11.3 Å². The van der Waals surface area contributed by atoms with E-state index in [0.29, 0.717) is 31.9 Å². The third kappa shape index (κ3) is 4.00. The van der Waals surface area contributed by atoms with Crippen LogP contribution in [-0.4, -0.2) is 50.3 Å². The van der Waals surface area contributed by atoms with Gasteiger partial charge >= 0.3 is 0 Å². The van der Waals surface area contributed by atoms with Crippen LogP contribution in [0.3, 0.4) is 0 Å². The van der Waals surface area contributed by atoms with Crippen LogP contribution in [0.4, 0.5) is 0 Å². The first-order valence-electron chi connectivity index (χ1n) is 11.1. The summed E-state index contributed by atoms with van der Waals surface area (Å²) in [5.74, 6) is 0.855. The molecule has 32 heavy (non-hydrogen) atoms. The fourth-order valence-electron chi connectivity index (χ4n) is 4.65. The van der Waals surface area contributed by atoms with Crippen molar-refractivity contribution in [2.45, 2.75) is 45.7 Å². The Morgan fingerprint density at radius 3 is 2.94 bits per heavy atom. The molecule has 7 nitrogen and oxygen atoms in total. The Kier molecular flexibility index (Phi) is 5.65. The van der Waals surface area contributed by atoms with Gasteiger partial charge in [0.1, 0.15) is 5.82 Å². The molecule has 5 rings (SSSR count). The van der Waals surface area contributed by atoms with Crippen LogP contribution in [0.1, 0.15) is 55.8 Å². The molecule has 0 saturated carbocycles. The standard InChI is InChI=1S/C24H27N5O2S/c1-15-16(2)32-14-20(15)24(31)29-9-5-18(12-29)22-26-21-13-28(8-6-19(21)23(30)27-22)11-17-4-3-7-25-10-17/h3-4,7,10,14,18H,5-6,8-9,11-13H2,1-2H3,(H,26,27,30)/t18-/m0/s1. The predicted molar refractivity (Wildman–Crippen MR) is 124 cm³/mol. The molecule has 1 fully saturated rings. The first-order chi connectivity index (χ1) is 15.5. The number of pyridine rings is 1. The summed E-state index contributed by atoms with van der Waals surface area (Å²) in [6, 6.07) is 4.01. The van der Waals surface area contributed by atoms with Crippen molar-refractivity contribution < 1.29 is 4.79 Å². The van der Waals surface area contributed by atoms with Crippen molar-refractivity contribution >= 4 is 17.2 Å². The monoisotopic (exact) mass is 449 g/mol. The summed E-state index contributed by atoms with van der Waals surface area (Å²) in [4.78, 5) is 43.3. The predicted octanol–water partition coefficient (Wildman–Crippen LogP) is 3.03. The molecule has 3 aromatic rings. The lowest BCUT2D eigenvalue weighted by atomic mass is 10.0. The number of H-pyrrole nitrogens is 1. The Morgan fingerprint density at radius 2 is 2.19 bits per heavy atom. The number of likely N-dealkylation sites (tertiary alicyclic amines) is 1. The van der Waals surface area contributed by atoms with Crippen molar-refractivity contribution in [1.82, 2.24) is 24.8 Å². The number of hydrogen-bond acceptors (Lipinski definition) is 6. The molecular weight excluding hydrogens is 422 g/mol. The van der Waals surface area contributed by atoms with Crippen molar-refractivity contribution in [3.8, 4) is 0 Å². The van der Waals surface area contributed by atoms with Crippen LogP contribution in [-0.2, 0) is 19.5 Å². The second kappa shape index (κ2) is 8.60. The molecule has 3 aromatic heterocycles. The maximum absolute atomic E-state index is 13.0. The van der Waals surface area contributed by atoms with Gasteiger partial charge in [-0.15, -0.1) is 11.3 Å². The number of thiophene rings is 1. The topological polar surface area (TPSA) is 82.2 Å². The van der Waals surface area contributed by atoms with Gasteiger partial charge in [-0.2, -0.15) is 0 Å². The quantitative estimate of drug-likeness (QED) is 0.662. The first kappa shape index (κ1) is 21.0. The molecule has 1 amide bonds. The SMILES string of the molecule is Cc1scc(C(=O)N2CC[C@H](c3nc4c(c(=O)[nH]3)CCN(Cc3cccnc3)C4)C2)c1C. The van der Waals surface area contributed by atoms with Gasteiger partial charge in [0, 0.05) is 66.9 Å². The summed E-state index contributed by atoms with van der Waals surface area (Å²) in [7, 11) is 0. The Balaban J connectivity index is 1.32. The van der Waals surface area contributed by atoms with Crippen LogP contribution in [0.5, 0.6) is 0 Å². The maximum Gasteiger partial charge on any atom is 0.254 e. The molecule has 166 valence electrons. The molecule has 8 heteroatoms. The molecule has 0 bridgehead atoms. The fourth-order valence-corrected chi connectivity index (χ4v) is 5.51. The Labute approximate surface area is 191 Å². The van der Waals surface area contributed by atoms with Crippen LogP contribution in [0, 0.1) is 13.8 Å². The molecule has 0 aliphatic carbocycles. The number of hydrogen-bond donors (Lipinski definition) is 1. The molecule has 0 unspecified atom stereocenters.